The molecule has 0 aliphatic heterocycles. The summed E-state index contributed by atoms with van der Waals surface area (Å²) >= 11 is 2.30. The summed E-state index contributed by atoms with van der Waals surface area (Å²) in [6.45, 7) is 7.87. The monoisotopic (exact) mass is 322 g/mol. The van der Waals surface area contributed by atoms with Crippen molar-refractivity contribution in [3.05, 3.63) is 9.66 Å². The van der Waals surface area contributed by atoms with Gasteiger partial charge in [0.15, 0.2) is 0 Å². The van der Waals surface area contributed by atoms with Gasteiger partial charge in [0.2, 0.25) is 0 Å². The molecule has 1 aliphatic carbocycles. The van der Waals surface area contributed by atoms with Gasteiger partial charge in [0.1, 0.15) is 5.60 Å². The molecule has 0 aromatic heterocycles. The van der Waals surface area contributed by atoms with E-state index in [1.54, 1.807) is 0 Å². The van der Waals surface area contributed by atoms with E-state index in [9.17, 15) is 4.79 Å². The van der Waals surface area contributed by atoms with Gasteiger partial charge in [-0.15, -0.1) is 0 Å². The lowest BCUT2D eigenvalue weighted by atomic mass is 9.90. The first-order chi connectivity index (χ1) is 6.79. The molecule has 0 saturated heterocycles. The van der Waals surface area contributed by atoms with E-state index in [2.05, 4.69) is 28.7 Å². The second-order valence-electron chi connectivity index (χ2n) is 5.03. The first-order valence-electron chi connectivity index (χ1n) is 5.40. The zero-order valence-electron chi connectivity index (χ0n) is 9.89. The van der Waals surface area contributed by atoms with Crippen molar-refractivity contribution in [1.29, 1.82) is 0 Å². The van der Waals surface area contributed by atoms with Crippen molar-refractivity contribution in [2.24, 2.45) is 5.41 Å². The summed E-state index contributed by atoms with van der Waals surface area (Å²) in [5.74, 6) is -0.0881. The van der Waals surface area contributed by atoms with E-state index < -0.39 is 0 Å². The maximum Gasteiger partial charge on any atom is 0.312 e. The van der Waals surface area contributed by atoms with Crippen molar-refractivity contribution in [2.75, 3.05) is 0 Å². The van der Waals surface area contributed by atoms with E-state index in [0.717, 1.165) is 19.3 Å². The first kappa shape index (κ1) is 13.0. The summed E-state index contributed by atoms with van der Waals surface area (Å²) in [6, 6.07) is 0. The molecule has 1 unspecified atom stereocenters. The molecule has 0 bridgehead atoms. The van der Waals surface area contributed by atoms with Crippen LogP contribution in [-0.2, 0) is 9.53 Å². The van der Waals surface area contributed by atoms with Gasteiger partial charge >= 0.3 is 5.97 Å². The molecule has 0 amide bonds. The Morgan fingerprint density at radius 3 is 2.67 bits per heavy atom. The third-order valence-electron chi connectivity index (χ3n) is 3.08. The van der Waals surface area contributed by atoms with E-state index >= 15 is 0 Å². The molecule has 15 heavy (non-hydrogen) atoms. The average Bonchev–Trinajstić information content (AvgIpc) is 2.46. The minimum Gasteiger partial charge on any atom is -0.455 e. The van der Waals surface area contributed by atoms with Crippen LogP contribution in [0.25, 0.3) is 0 Å². The lowest BCUT2D eigenvalue weighted by Crippen LogP contribution is -2.35. The van der Waals surface area contributed by atoms with E-state index in [4.69, 9.17) is 4.74 Å². The second-order valence-corrected chi connectivity index (χ2v) is 6.42. The van der Waals surface area contributed by atoms with Gasteiger partial charge in [0, 0.05) is 0 Å². The topological polar surface area (TPSA) is 26.3 Å². The number of carbonyl (C=O) groups is 1. The number of ether oxygens (including phenoxy) is 1. The summed E-state index contributed by atoms with van der Waals surface area (Å²) < 4.78 is 6.89. The fourth-order valence-electron chi connectivity index (χ4n) is 1.42. The molecule has 1 rings (SSSR count). The molecule has 3 heteroatoms. The molecule has 0 radical (unpaired) electrons. The summed E-state index contributed by atoms with van der Waals surface area (Å²) in [6.07, 6.45) is 4.81. The quantitative estimate of drug-likeness (QED) is 0.583. The zero-order chi connectivity index (χ0) is 11.7. The number of hydrogen-bond acceptors (Lipinski definition) is 2. The molecule has 0 fully saturated rings. The molecule has 0 heterocycles. The third kappa shape index (κ3) is 3.20. The smallest absolute Gasteiger partial charge is 0.312 e. The van der Waals surface area contributed by atoms with Gasteiger partial charge in [-0.25, -0.2) is 0 Å². The first-order valence-corrected chi connectivity index (χ1v) is 6.48. The van der Waals surface area contributed by atoms with Crippen LogP contribution in [-0.4, -0.2) is 11.6 Å². The molecular formula is C12H19IO2. The molecule has 1 aliphatic rings. The maximum absolute atomic E-state index is 11.9. The highest BCUT2D eigenvalue weighted by Crippen LogP contribution is 2.36. The Balaban J connectivity index is 2.67. The van der Waals surface area contributed by atoms with Crippen molar-refractivity contribution < 1.29 is 9.53 Å². The normalized spacial score (nSPS) is 26.3. The Labute approximate surface area is 106 Å². The summed E-state index contributed by atoms with van der Waals surface area (Å²) in [7, 11) is 0. The molecule has 0 saturated carbocycles. The van der Waals surface area contributed by atoms with Crippen LogP contribution in [0.5, 0.6) is 0 Å². The van der Waals surface area contributed by atoms with Crippen LogP contribution in [0, 0.1) is 5.41 Å². The number of esters is 1. The predicted octanol–water partition coefficient (Wildman–Crippen LogP) is 3.84. The summed E-state index contributed by atoms with van der Waals surface area (Å²) in [5, 5.41) is 0. The number of halogens is 1. The zero-order valence-corrected chi connectivity index (χ0v) is 12.1. The summed E-state index contributed by atoms with van der Waals surface area (Å²) in [4.78, 5) is 11.9. The molecule has 0 aromatic carbocycles. The van der Waals surface area contributed by atoms with Crippen molar-refractivity contribution in [3.8, 4) is 0 Å². The minimum absolute atomic E-state index is 0.0881. The lowest BCUT2D eigenvalue weighted by molar-refractivity contribution is -0.164. The molecule has 86 valence electrons. The van der Waals surface area contributed by atoms with Crippen LogP contribution in [0.15, 0.2) is 9.66 Å². The Morgan fingerprint density at radius 1 is 1.67 bits per heavy atom. The predicted molar refractivity (Wildman–Crippen MR) is 69.9 cm³/mol. The van der Waals surface area contributed by atoms with Gasteiger partial charge in [-0.3, -0.25) is 4.79 Å². The maximum atomic E-state index is 11.9. The number of carbonyl (C=O) groups excluding carboxylic acids is 1. The fraction of sp³-hybridized carbons (Fsp3) is 0.750. The van der Waals surface area contributed by atoms with Gasteiger partial charge in [-0.2, -0.15) is 0 Å². The summed E-state index contributed by atoms with van der Waals surface area (Å²) in [5.41, 5.74) is -0.745. The largest absolute Gasteiger partial charge is 0.455 e. The van der Waals surface area contributed by atoms with Crippen LogP contribution in [0.1, 0.15) is 47.0 Å². The van der Waals surface area contributed by atoms with Crippen LogP contribution in [0.4, 0.5) is 0 Å². The van der Waals surface area contributed by atoms with Crippen LogP contribution in [0.2, 0.25) is 0 Å². The van der Waals surface area contributed by atoms with E-state index in [1.165, 1.54) is 3.58 Å². The standard InChI is InChI=1S/C12H19IO2/c1-5-11(2,3)10(14)15-12(4)7-6-9(13)8-12/h8H,5-7H2,1-4H3. The lowest BCUT2D eigenvalue weighted by Gasteiger charge is -2.28. The highest BCUT2D eigenvalue weighted by molar-refractivity contribution is 14.1. The van der Waals surface area contributed by atoms with Gasteiger partial charge in [-0.1, -0.05) is 6.92 Å². The highest BCUT2D eigenvalue weighted by Gasteiger charge is 2.36. The molecule has 2 nitrogen and oxygen atoms in total. The third-order valence-corrected chi connectivity index (χ3v) is 3.94. The Kier molecular flexibility index (Phi) is 3.85. The molecule has 0 aromatic rings. The molecule has 0 spiro atoms. The molecule has 0 N–H and O–H groups in total. The van der Waals surface area contributed by atoms with Gasteiger partial charge in [0.25, 0.3) is 0 Å². The SMILES string of the molecule is CCC(C)(C)C(=O)OC1(C)C=C(I)CC1. The van der Waals surface area contributed by atoms with E-state index in [1.807, 2.05) is 27.7 Å². The number of rotatable bonds is 3. The van der Waals surface area contributed by atoms with Crippen molar-refractivity contribution in [1.82, 2.24) is 0 Å². The van der Waals surface area contributed by atoms with E-state index in [0.29, 0.717) is 0 Å². The van der Waals surface area contributed by atoms with Crippen LogP contribution >= 0.6 is 22.6 Å². The molecule has 1 atom stereocenters. The minimum atomic E-state index is -0.375. The second kappa shape index (κ2) is 4.44. The number of allylic oxidation sites excluding steroid dienone is 1. The van der Waals surface area contributed by atoms with Gasteiger partial charge in [-0.05, 0) is 72.3 Å². The van der Waals surface area contributed by atoms with Gasteiger partial charge < -0.3 is 4.74 Å². The fourth-order valence-corrected chi connectivity index (χ4v) is 2.35. The highest BCUT2D eigenvalue weighted by atomic mass is 127. The van der Waals surface area contributed by atoms with Crippen LogP contribution < -0.4 is 0 Å². The average molecular weight is 322 g/mol. The van der Waals surface area contributed by atoms with Crippen molar-refractivity contribution >= 4 is 28.6 Å². The Hall–Kier alpha value is -0.0600. The van der Waals surface area contributed by atoms with Crippen LogP contribution in [0.3, 0.4) is 0 Å². The Morgan fingerprint density at radius 2 is 2.27 bits per heavy atom. The van der Waals surface area contributed by atoms with E-state index in [-0.39, 0.29) is 17.0 Å². The molecular weight excluding hydrogens is 303 g/mol. The van der Waals surface area contributed by atoms with Crippen molar-refractivity contribution in [3.63, 3.8) is 0 Å². The van der Waals surface area contributed by atoms with Gasteiger partial charge in [0.05, 0.1) is 5.41 Å². The van der Waals surface area contributed by atoms with Crippen molar-refractivity contribution in [2.45, 2.75) is 52.6 Å². The number of hydrogen-bond donors (Lipinski definition) is 0. The Bertz CT molecular complexity index is 294.